The molecule has 0 atom stereocenters. The highest BCUT2D eigenvalue weighted by molar-refractivity contribution is 7.99. The Balaban J connectivity index is 1.56. The number of aromatic nitrogens is 3. The third kappa shape index (κ3) is 5.88. The molecule has 0 radical (unpaired) electrons. The lowest BCUT2D eigenvalue weighted by atomic mass is 10.1. The van der Waals surface area contributed by atoms with Crippen LogP contribution in [0, 0.1) is 13.8 Å². The van der Waals surface area contributed by atoms with Gasteiger partial charge in [-0.1, -0.05) is 47.1 Å². The number of nitrogens with zero attached hydrogens (tertiary/aromatic N) is 3. The van der Waals surface area contributed by atoms with Crippen LogP contribution in [-0.4, -0.2) is 26.4 Å². The summed E-state index contributed by atoms with van der Waals surface area (Å²) in [6, 6.07) is 10.9. The fraction of sp³-hybridized carbons (Fsp3) is 0.250. The summed E-state index contributed by atoms with van der Waals surface area (Å²) in [5.74, 6) is 1.48. The maximum Gasteiger partial charge on any atom is 0.234 e. The van der Waals surface area contributed by atoms with E-state index in [2.05, 4.69) is 15.5 Å². The van der Waals surface area contributed by atoms with Gasteiger partial charge in [0.05, 0.1) is 5.75 Å². The maximum absolute atomic E-state index is 12.2. The van der Waals surface area contributed by atoms with Crippen molar-refractivity contribution in [2.24, 2.45) is 7.05 Å². The monoisotopic (exact) mass is 450 g/mol. The smallest absolute Gasteiger partial charge is 0.234 e. The van der Waals surface area contributed by atoms with Crippen LogP contribution in [0.4, 0.5) is 5.69 Å². The van der Waals surface area contributed by atoms with Crippen LogP contribution >= 0.6 is 35.0 Å². The van der Waals surface area contributed by atoms with E-state index in [1.807, 2.05) is 43.7 Å². The number of nitrogens with one attached hydrogen (secondary N) is 1. The Hall–Kier alpha value is -2.22. The Kier molecular flexibility index (Phi) is 7.05. The molecule has 0 fully saturated rings. The summed E-state index contributed by atoms with van der Waals surface area (Å²) in [5.41, 5.74) is 2.74. The SMILES string of the molecule is Cc1ccc(C)c(OCc2nnc(SCC(=O)Nc3cc(Cl)cc(Cl)c3)n2C)c1. The van der Waals surface area contributed by atoms with E-state index < -0.39 is 0 Å². The number of halogens is 2. The van der Waals surface area contributed by atoms with Crippen molar-refractivity contribution in [3.8, 4) is 5.75 Å². The predicted octanol–water partition coefficient (Wildman–Crippen LogP) is 5.05. The fourth-order valence-corrected chi connectivity index (χ4v) is 3.81. The first-order chi connectivity index (χ1) is 13.8. The molecule has 1 aromatic heterocycles. The highest BCUT2D eigenvalue weighted by atomic mass is 35.5. The van der Waals surface area contributed by atoms with Crippen molar-refractivity contribution in [1.29, 1.82) is 0 Å². The Labute approximate surface area is 183 Å². The van der Waals surface area contributed by atoms with Crippen LogP contribution in [0.2, 0.25) is 10.0 Å². The summed E-state index contributed by atoms with van der Waals surface area (Å²) < 4.78 is 7.71. The van der Waals surface area contributed by atoms with Crippen LogP contribution in [0.25, 0.3) is 0 Å². The van der Waals surface area contributed by atoms with Crippen molar-refractivity contribution < 1.29 is 9.53 Å². The average Bonchev–Trinajstić information content (AvgIpc) is 2.99. The van der Waals surface area contributed by atoms with E-state index in [4.69, 9.17) is 27.9 Å². The van der Waals surface area contributed by atoms with Gasteiger partial charge in [-0.3, -0.25) is 4.79 Å². The molecule has 0 saturated carbocycles. The lowest BCUT2D eigenvalue weighted by Gasteiger charge is -2.10. The van der Waals surface area contributed by atoms with E-state index in [0.29, 0.717) is 33.3 Å². The van der Waals surface area contributed by atoms with E-state index in [9.17, 15) is 4.79 Å². The molecule has 1 heterocycles. The van der Waals surface area contributed by atoms with Gasteiger partial charge in [-0.2, -0.15) is 0 Å². The summed E-state index contributed by atoms with van der Waals surface area (Å²) in [5, 5.41) is 12.6. The lowest BCUT2D eigenvalue weighted by molar-refractivity contribution is -0.113. The minimum Gasteiger partial charge on any atom is -0.485 e. The third-order valence-electron chi connectivity index (χ3n) is 4.10. The molecule has 1 amide bonds. The quantitative estimate of drug-likeness (QED) is 0.510. The van der Waals surface area contributed by atoms with E-state index in [-0.39, 0.29) is 11.7 Å². The van der Waals surface area contributed by atoms with Gasteiger partial charge in [0.15, 0.2) is 11.0 Å². The molecule has 0 bridgehead atoms. The summed E-state index contributed by atoms with van der Waals surface area (Å²) in [7, 11) is 1.85. The number of hydrogen-bond donors (Lipinski definition) is 1. The first-order valence-corrected chi connectivity index (χ1v) is 10.5. The van der Waals surface area contributed by atoms with Gasteiger partial charge < -0.3 is 14.6 Å². The topological polar surface area (TPSA) is 69.0 Å². The Morgan fingerprint density at radius 1 is 1.14 bits per heavy atom. The van der Waals surface area contributed by atoms with Gasteiger partial charge in [-0.15, -0.1) is 10.2 Å². The van der Waals surface area contributed by atoms with Crippen molar-refractivity contribution in [2.75, 3.05) is 11.1 Å². The Morgan fingerprint density at radius 2 is 1.86 bits per heavy atom. The van der Waals surface area contributed by atoms with Gasteiger partial charge >= 0.3 is 0 Å². The molecule has 152 valence electrons. The molecule has 0 unspecified atom stereocenters. The van der Waals surface area contributed by atoms with Crippen molar-refractivity contribution in [2.45, 2.75) is 25.6 Å². The maximum atomic E-state index is 12.2. The van der Waals surface area contributed by atoms with Crippen molar-refractivity contribution in [3.63, 3.8) is 0 Å². The molecule has 9 heteroatoms. The molecule has 6 nitrogen and oxygen atoms in total. The zero-order valence-electron chi connectivity index (χ0n) is 16.2. The average molecular weight is 451 g/mol. The van der Waals surface area contributed by atoms with E-state index in [0.717, 1.165) is 16.9 Å². The molecule has 1 N–H and O–H groups in total. The summed E-state index contributed by atoms with van der Waals surface area (Å²) in [6.45, 7) is 4.31. The Morgan fingerprint density at radius 3 is 2.59 bits per heavy atom. The molecule has 0 aliphatic carbocycles. The van der Waals surface area contributed by atoms with Crippen LogP contribution in [0.3, 0.4) is 0 Å². The summed E-state index contributed by atoms with van der Waals surface area (Å²) in [4.78, 5) is 12.2. The molecule has 29 heavy (non-hydrogen) atoms. The van der Waals surface area contributed by atoms with Crippen LogP contribution in [-0.2, 0) is 18.4 Å². The van der Waals surface area contributed by atoms with E-state index >= 15 is 0 Å². The van der Waals surface area contributed by atoms with Crippen LogP contribution in [0.5, 0.6) is 5.75 Å². The zero-order valence-corrected chi connectivity index (χ0v) is 18.5. The van der Waals surface area contributed by atoms with Gasteiger partial charge in [0.1, 0.15) is 12.4 Å². The van der Waals surface area contributed by atoms with Gasteiger partial charge in [0.25, 0.3) is 0 Å². The number of ether oxygens (including phenoxy) is 1. The number of aryl methyl sites for hydroxylation is 2. The van der Waals surface area contributed by atoms with E-state index in [1.165, 1.54) is 11.8 Å². The minimum absolute atomic E-state index is 0.175. The van der Waals surface area contributed by atoms with Crippen LogP contribution < -0.4 is 10.1 Å². The molecule has 0 saturated heterocycles. The predicted molar refractivity (Wildman–Crippen MR) is 117 cm³/mol. The molecule has 2 aromatic carbocycles. The fourth-order valence-electron chi connectivity index (χ4n) is 2.55. The van der Waals surface area contributed by atoms with Gasteiger partial charge in [-0.25, -0.2) is 0 Å². The molecular formula is C20H20Cl2N4O2S. The molecule has 3 aromatic rings. The number of carbonyl (C=O) groups excluding carboxylic acids is 1. The Bertz CT molecular complexity index is 1020. The second-order valence-corrected chi connectivity index (χ2v) is 8.33. The zero-order chi connectivity index (χ0) is 21.0. The number of benzene rings is 2. The van der Waals surface area contributed by atoms with Gasteiger partial charge in [0, 0.05) is 22.8 Å². The molecule has 0 spiro atoms. The normalized spacial score (nSPS) is 10.8. The first-order valence-electron chi connectivity index (χ1n) is 8.79. The second-order valence-electron chi connectivity index (χ2n) is 6.51. The standard InChI is InChI=1S/C20H20Cl2N4O2S/c1-12-4-5-13(2)17(6-12)28-10-18-24-25-20(26(18)3)29-11-19(27)23-16-8-14(21)7-15(22)9-16/h4-9H,10-11H2,1-3H3,(H,23,27). The first kappa shape index (κ1) is 21.5. The number of hydrogen-bond acceptors (Lipinski definition) is 5. The largest absolute Gasteiger partial charge is 0.485 e. The molecule has 0 aliphatic heterocycles. The van der Waals surface area contributed by atoms with Crippen molar-refractivity contribution >= 4 is 46.6 Å². The minimum atomic E-state index is -0.190. The van der Waals surface area contributed by atoms with E-state index in [1.54, 1.807) is 18.2 Å². The van der Waals surface area contributed by atoms with Crippen molar-refractivity contribution in [3.05, 3.63) is 63.4 Å². The second kappa shape index (κ2) is 9.52. The van der Waals surface area contributed by atoms with Crippen LogP contribution in [0.1, 0.15) is 17.0 Å². The van der Waals surface area contributed by atoms with Gasteiger partial charge in [-0.05, 0) is 49.2 Å². The van der Waals surface area contributed by atoms with Gasteiger partial charge in [0.2, 0.25) is 5.91 Å². The molecule has 3 rings (SSSR count). The summed E-state index contributed by atoms with van der Waals surface area (Å²) in [6.07, 6.45) is 0. The molecular weight excluding hydrogens is 431 g/mol. The lowest BCUT2D eigenvalue weighted by Crippen LogP contribution is -2.14. The number of anilines is 1. The number of thioether (sulfide) groups is 1. The van der Waals surface area contributed by atoms with Crippen molar-refractivity contribution in [1.82, 2.24) is 14.8 Å². The molecule has 0 aliphatic rings. The highest BCUT2D eigenvalue weighted by Gasteiger charge is 2.13. The number of amides is 1. The highest BCUT2D eigenvalue weighted by Crippen LogP contribution is 2.24. The summed E-state index contributed by atoms with van der Waals surface area (Å²) >= 11 is 13.2. The number of rotatable bonds is 7. The van der Waals surface area contributed by atoms with Crippen LogP contribution in [0.15, 0.2) is 41.6 Å². The third-order valence-corrected chi connectivity index (χ3v) is 5.56. The number of carbonyl (C=O) groups is 1.